The van der Waals surface area contributed by atoms with Crippen LogP contribution in [0.15, 0.2) is 52.8 Å². The van der Waals surface area contributed by atoms with Gasteiger partial charge in [0.15, 0.2) is 0 Å². The van der Waals surface area contributed by atoms with Crippen LogP contribution >= 0.6 is 0 Å². The molecule has 3 aliphatic rings. The lowest BCUT2D eigenvalue weighted by Gasteiger charge is -2.40. The van der Waals surface area contributed by atoms with E-state index in [2.05, 4.69) is 34.7 Å². The Labute approximate surface area is 143 Å². The highest BCUT2D eigenvalue weighted by atomic mass is 15.3. The molecule has 2 aliphatic heterocycles. The zero-order valence-electron chi connectivity index (χ0n) is 14.1. The van der Waals surface area contributed by atoms with E-state index < -0.39 is 0 Å². The molecule has 0 amide bonds. The molecule has 4 N–H and O–H groups in total. The lowest BCUT2D eigenvalue weighted by atomic mass is 10.00. The van der Waals surface area contributed by atoms with E-state index >= 15 is 0 Å². The maximum Gasteiger partial charge on any atom is 0.202 e. The second-order valence-corrected chi connectivity index (χ2v) is 6.85. The number of guanidine groups is 1. The fourth-order valence-corrected chi connectivity index (χ4v) is 3.86. The van der Waals surface area contributed by atoms with Gasteiger partial charge in [0.1, 0.15) is 6.17 Å². The number of fused-ring (bicyclic) bond motifs is 1. The van der Waals surface area contributed by atoms with Gasteiger partial charge in [-0.25, -0.2) is 4.99 Å². The van der Waals surface area contributed by atoms with Crippen LogP contribution in [0.2, 0.25) is 0 Å². The lowest BCUT2D eigenvalue weighted by Crippen LogP contribution is -2.46. The molecule has 1 aromatic carbocycles. The van der Waals surface area contributed by atoms with Crippen molar-refractivity contribution in [3.8, 4) is 0 Å². The average molecular weight is 323 g/mol. The predicted octanol–water partition coefficient (Wildman–Crippen LogP) is 3.40. The van der Waals surface area contributed by atoms with E-state index in [9.17, 15) is 0 Å². The summed E-state index contributed by atoms with van der Waals surface area (Å²) in [6, 6.07) is 8.36. The third-order valence-corrected chi connectivity index (χ3v) is 5.17. The van der Waals surface area contributed by atoms with Gasteiger partial charge < -0.3 is 21.3 Å². The molecule has 24 heavy (non-hydrogen) atoms. The summed E-state index contributed by atoms with van der Waals surface area (Å²) in [5, 5.41) is 6.80. The smallest absolute Gasteiger partial charge is 0.202 e. The summed E-state index contributed by atoms with van der Waals surface area (Å²) in [7, 11) is 0. The van der Waals surface area contributed by atoms with Crippen molar-refractivity contribution in [2.45, 2.75) is 51.2 Å². The molecule has 0 bridgehead atoms. The molecule has 2 heterocycles. The molecule has 0 spiro atoms. The molecule has 0 saturated heterocycles. The Bertz CT molecular complexity index is 695. The molecule has 1 saturated carbocycles. The Balaban J connectivity index is 1.59. The molecule has 1 fully saturated rings. The maximum absolute atomic E-state index is 5.76. The van der Waals surface area contributed by atoms with Crippen LogP contribution < -0.4 is 16.4 Å². The fourth-order valence-electron chi connectivity index (χ4n) is 3.86. The topological polar surface area (TPSA) is 65.7 Å². The molecule has 1 atom stereocenters. The maximum atomic E-state index is 5.76. The van der Waals surface area contributed by atoms with Crippen molar-refractivity contribution in [3.63, 3.8) is 0 Å². The van der Waals surface area contributed by atoms with Gasteiger partial charge in [-0.1, -0.05) is 18.9 Å². The zero-order valence-corrected chi connectivity index (χ0v) is 14.1. The largest absolute Gasteiger partial charge is 0.399 e. The molecule has 0 aromatic heterocycles. The van der Waals surface area contributed by atoms with E-state index in [4.69, 9.17) is 10.7 Å². The first kappa shape index (κ1) is 15.1. The second kappa shape index (κ2) is 6.23. The van der Waals surface area contributed by atoms with E-state index in [1.165, 1.54) is 37.0 Å². The molecule has 5 heteroatoms. The minimum absolute atomic E-state index is 0.121. The minimum Gasteiger partial charge on any atom is -0.399 e. The quantitative estimate of drug-likeness (QED) is 0.730. The van der Waals surface area contributed by atoms with Crippen molar-refractivity contribution in [2.24, 2.45) is 4.99 Å². The van der Waals surface area contributed by atoms with E-state index in [0.717, 1.165) is 23.8 Å². The van der Waals surface area contributed by atoms with Gasteiger partial charge >= 0.3 is 0 Å². The fraction of sp³-hybridized carbons (Fsp3) is 0.421. The van der Waals surface area contributed by atoms with Gasteiger partial charge in [-0.15, -0.1) is 0 Å². The number of allylic oxidation sites excluding steroid dienone is 2. The van der Waals surface area contributed by atoms with Gasteiger partial charge in [0, 0.05) is 23.1 Å². The number of nitrogens with one attached hydrogen (secondary N) is 2. The van der Waals surface area contributed by atoms with Crippen LogP contribution in [0, 0.1) is 0 Å². The number of nitrogens with two attached hydrogens (primary N) is 1. The standard InChI is InChI=1S/C19H25N5/c1-13-17-7-4-12-24(16-5-2-3-6-16)18(17)23-19(21-13)22-15-10-8-14(20)9-11-15/h4,8-12,16,18H,2-3,5-7,20H2,1H3,(H2,21,22,23). The normalized spacial score (nSPS) is 23.8. The van der Waals surface area contributed by atoms with Gasteiger partial charge in [-0.05, 0) is 62.2 Å². The molecule has 1 aromatic rings. The predicted molar refractivity (Wildman–Crippen MR) is 99.4 cm³/mol. The van der Waals surface area contributed by atoms with Crippen LogP contribution in [0.4, 0.5) is 11.4 Å². The monoisotopic (exact) mass is 323 g/mol. The van der Waals surface area contributed by atoms with Crippen LogP contribution in [0.5, 0.6) is 0 Å². The first-order valence-corrected chi connectivity index (χ1v) is 8.82. The minimum atomic E-state index is 0.121. The number of nitrogen functional groups attached to an aromatic ring is 1. The van der Waals surface area contributed by atoms with Crippen LogP contribution in [-0.2, 0) is 0 Å². The molecule has 5 nitrogen and oxygen atoms in total. The van der Waals surface area contributed by atoms with Crippen LogP contribution in [0.1, 0.15) is 39.0 Å². The Morgan fingerprint density at radius 1 is 1.21 bits per heavy atom. The van der Waals surface area contributed by atoms with Crippen molar-refractivity contribution in [2.75, 3.05) is 11.1 Å². The summed E-state index contributed by atoms with van der Waals surface area (Å²) in [6.45, 7) is 2.15. The first-order chi connectivity index (χ1) is 11.7. The summed E-state index contributed by atoms with van der Waals surface area (Å²) < 4.78 is 0. The SMILES string of the molecule is CC1=C2CC=CN(C3CCCC3)C2N=C(Nc2ccc(N)cc2)N1. The van der Waals surface area contributed by atoms with Gasteiger partial charge in [-0.2, -0.15) is 0 Å². The number of anilines is 2. The highest BCUT2D eigenvalue weighted by Crippen LogP contribution is 2.33. The number of rotatable bonds is 2. The molecular formula is C19H25N5. The van der Waals surface area contributed by atoms with Crippen molar-refractivity contribution in [3.05, 3.63) is 47.8 Å². The van der Waals surface area contributed by atoms with Crippen molar-refractivity contribution < 1.29 is 0 Å². The van der Waals surface area contributed by atoms with Crippen molar-refractivity contribution in [1.29, 1.82) is 0 Å². The lowest BCUT2D eigenvalue weighted by molar-refractivity contribution is 0.221. The zero-order chi connectivity index (χ0) is 16.5. The number of aliphatic imine (C=N–C) groups is 1. The molecule has 1 unspecified atom stereocenters. The Morgan fingerprint density at radius 2 is 1.96 bits per heavy atom. The van der Waals surface area contributed by atoms with Gasteiger partial charge in [0.25, 0.3) is 0 Å². The number of nitrogens with zero attached hydrogens (tertiary/aromatic N) is 2. The van der Waals surface area contributed by atoms with Crippen molar-refractivity contribution in [1.82, 2.24) is 10.2 Å². The van der Waals surface area contributed by atoms with Gasteiger partial charge in [-0.3, -0.25) is 0 Å². The van der Waals surface area contributed by atoms with Crippen LogP contribution in [-0.4, -0.2) is 23.1 Å². The van der Waals surface area contributed by atoms with Gasteiger partial charge in [0.2, 0.25) is 5.96 Å². The Morgan fingerprint density at radius 3 is 2.71 bits per heavy atom. The van der Waals surface area contributed by atoms with E-state index in [1.54, 1.807) is 0 Å². The second-order valence-electron chi connectivity index (χ2n) is 6.85. The van der Waals surface area contributed by atoms with Crippen LogP contribution in [0.25, 0.3) is 0 Å². The van der Waals surface area contributed by atoms with Gasteiger partial charge in [0.05, 0.1) is 0 Å². The molecule has 4 rings (SSSR count). The third kappa shape index (κ3) is 2.86. The van der Waals surface area contributed by atoms with Crippen LogP contribution in [0.3, 0.4) is 0 Å². The van der Waals surface area contributed by atoms with E-state index in [-0.39, 0.29) is 6.17 Å². The first-order valence-electron chi connectivity index (χ1n) is 8.82. The third-order valence-electron chi connectivity index (χ3n) is 5.17. The molecule has 0 radical (unpaired) electrons. The molecule has 126 valence electrons. The average Bonchev–Trinajstić information content (AvgIpc) is 3.11. The number of benzene rings is 1. The summed E-state index contributed by atoms with van der Waals surface area (Å²) in [6.07, 6.45) is 10.8. The molecule has 1 aliphatic carbocycles. The Hall–Kier alpha value is -2.43. The summed E-state index contributed by atoms with van der Waals surface area (Å²) >= 11 is 0. The van der Waals surface area contributed by atoms with E-state index in [0.29, 0.717) is 6.04 Å². The highest BCUT2D eigenvalue weighted by Gasteiger charge is 2.33. The van der Waals surface area contributed by atoms with Crippen molar-refractivity contribution >= 4 is 17.3 Å². The number of hydrogen-bond donors (Lipinski definition) is 3. The molecular weight excluding hydrogens is 298 g/mol. The number of hydrogen-bond acceptors (Lipinski definition) is 5. The van der Waals surface area contributed by atoms with E-state index in [1.807, 2.05) is 24.3 Å². The highest BCUT2D eigenvalue weighted by molar-refractivity contribution is 5.95. The summed E-state index contributed by atoms with van der Waals surface area (Å²) in [5.41, 5.74) is 10.1. The summed E-state index contributed by atoms with van der Waals surface area (Å²) in [4.78, 5) is 7.44. The summed E-state index contributed by atoms with van der Waals surface area (Å²) in [5.74, 6) is 0.810. The Kier molecular flexibility index (Phi) is 3.92.